The van der Waals surface area contributed by atoms with Gasteiger partial charge in [0.15, 0.2) is 0 Å². The molecule has 0 saturated heterocycles. The number of hydrogen-bond acceptors (Lipinski definition) is 2. The smallest absolute Gasteiger partial charge is 0.138 e. The lowest BCUT2D eigenvalue weighted by Crippen LogP contribution is -2.07. The zero-order valence-corrected chi connectivity index (χ0v) is 8.83. The standard InChI is InChI=1S/C11H13ClO2/c1-14-8-10-5-3-2-4-9(10)6-11(12)7-13/h2-5,7,11H,6,8H2,1H3. The molecule has 0 radical (unpaired) electrons. The molecule has 14 heavy (non-hydrogen) atoms. The second kappa shape index (κ2) is 5.78. The molecule has 1 aromatic carbocycles. The highest BCUT2D eigenvalue weighted by atomic mass is 35.5. The normalized spacial score (nSPS) is 12.4. The molecule has 0 bridgehead atoms. The number of alkyl halides is 1. The fraction of sp³-hybridized carbons (Fsp3) is 0.364. The minimum Gasteiger partial charge on any atom is -0.380 e. The Morgan fingerprint density at radius 2 is 2.07 bits per heavy atom. The van der Waals surface area contributed by atoms with Crippen molar-refractivity contribution in [3.63, 3.8) is 0 Å². The summed E-state index contributed by atoms with van der Waals surface area (Å²) < 4.78 is 5.05. The summed E-state index contributed by atoms with van der Waals surface area (Å²) >= 11 is 5.76. The molecular formula is C11H13ClO2. The van der Waals surface area contributed by atoms with E-state index in [9.17, 15) is 4.79 Å². The van der Waals surface area contributed by atoms with E-state index in [1.165, 1.54) is 0 Å². The van der Waals surface area contributed by atoms with Crippen LogP contribution in [-0.2, 0) is 22.6 Å². The maximum Gasteiger partial charge on any atom is 0.138 e. The molecule has 0 aromatic heterocycles. The average molecular weight is 213 g/mol. The zero-order valence-electron chi connectivity index (χ0n) is 8.07. The predicted octanol–water partition coefficient (Wildman–Crippen LogP) is 2.18. The molecule has 0 aliphatic carbocycles. The number of benzene rings is 1. The second-order valence-corrected chi connectivity index (χ2v) is 3.62. The zero-order chi connectivity index (χ0) is 10.4. The third-order valence-corrected chi connectivity index (χ3v) is 2.24. The topological polar surface area (TPSA) is 26.3 Å². The Morgan fingerprint density at radius 3 is 2.64 bits per heavy atom. The van der Waals surface area contributed by atoms with Crippen molar-refractivity contribution in [3.8, 4) is 0 Å². The molecule has 0 fully saturated rings. The van der Waals surface area contributed by atoms with Crippen LogP contribution in [-0.4, -0.2) is 18.8 Å². The molecule has 3 heteroatoms. The molecule has 1 aromatic rings. The van der Waals surface area contributed by atoms with Gasteiger partial charge < -0.3 is 9.53 Å². The molecule has 0 heterocycles. The first-order valence-corrected chi connectivity index (χ1v) is 4.86. The Morgan fingerprint density at radius 1 is 1.43 bits per heavy atom. The number of aldehydes is 1. The van der Waals surface area contributed by atoms with Crippen LogP contribution in [0, 0.1) is 0 Å². The van der Waals surface area contributed by atoms with Crippen LogP contribution < -0.4 is 0 Å². The SMILES string of the molecule is COCc1ccccc1CC(Cl)C=O. The number of halogens is 1. The lowest BCUT2D eigenvalue weighted by molar-refractivity contribution is -0.107. The quantitative estimate of drug-likeness (QED) is 0.553. The molecule has 2 nitrogen and oxygen atoms in total. The van der Waals surface area contributed by atoms with Gasteiger partial charge in [-0.1, -0.05) is 24.3 Å². The monoisotopic (exact) mass is 212 g/mol. The number of methoxy groups -OCH3 is 1. The summed E-state index contributed by atoms with van der Waals surface area (Å²) in [5.41, 5.74) is 2.16. The molecule has 0 saturated carbocycles. The lowest BCUT2D eigenvalue weighted by atomic mass is 10.0. The van der Waals surface area contributed by atoms with E-state index in [4.69, 9.17) is 16.3 Å². The van der Waals surface area contributed by atoms with Gasteiger partial charge in [-0.05, 0) is 17.5 Å². The van der Waals surface area contributed by atoms with Crippen molar-refractivity contribution in [2.45, 2.75) is 18.4 Å². The van der Waals surface area contributed by atoms with E-state index in [2.05, 4.69) is 0 Å². The molecule has 0 aliphatic rings. The number of rotatable bonds is 5. The molecule has 1 unspecified atom stereocenters. The third-order valence-electron chi connectivity index (χ3n) is 1.98. The maximum absolute atomic E-state index is 10.4. The van der Waals surface area contributed by atoms with Crippen molar-refractivity contribution in [3.05, 3.63) is 35.4 Å². The van der Waals surface area contributed by atoms with E-state index >= 15 is 0 Å². The summed E-state index contributed by atoms with van der Waals surface area (Å²) in [6.07, 6.45) is 1.32. The fourth-order valence-electron chi connectivity index (χ4n) is 1.31. The van der Waals surface area contributed by atoms with Crippen molar-refractivity contribution < 1.29 is 9.53 Å². The first kappa shape index (κ1) is 11.2. The Hall–Kier alpha value is -0.860. The molecule has 76 valence electrons. The van der Waals surface area contributed by atoms with Gasteiger partial charge in [-0.25, -0.2) is 0 Å². The molecule has 0 spiro atoms. The van der Waals surface area contributed by atoms with E-state index in [0.29, 0.717) is 13.0 Å². The Bertz CT molecular complexity index is 299. The van der Waals surface area contributed by atoms with Gasteiger partial charge in [0.2, 0.25) is 0 Å². The second-order valence-electron chi connectivity index (χ2n) is 3.06. The van der Waals surface area contributed by atoms with E-state index in [1.54, 1.807) is 7.11 Å². The van der Waals surface area contributed by atoms with Crippen LogP contribution in [0.2, 0.25) is 0 Å². The van der Waals surface area contributed by atoms with E-state index < -0.39 is 5.38 Å². The van der Waals surface area contributed by atoms with Crippen LogP contribution >= 0.6 is 11.6 Å². The Labute approximate surface area is 88.8 Å². The maximum atomic E-state index is 10.4. The summed E-state index contributed by atoms with van der Waals surface area (Å²) in [6.45, 7) is 0.554. The number of carbonyl (C=O) groups excluding carboxylic acids is 1. The minimum atomic E-state index is -0.451. The van der Waals surface area contributed by atoms with Gasteiger partial charge in [-0.15, -0.1) is 11.6 Å². The largest absolute Gasteiger partial charge is 0.380 e. The molecule has 0 N–H and O–H groups in total. The van der Waals surface area contributed by atoms with Gasteiger partial charge in [0.1, 0.15) is 6.29 Å². The first-order chi connectivity index (χ1) is 6.77. The molecule has 1 atom stereocenters. The number of ether oxygens (including phenoxy) is 1. The van der Waals surface area contributed by atoms with Crippen LogP contribution in [0.25, 0.3) is 0 Å². The highest BCUT2D eigenvalue weighted by Gasteiger charge is 2.07. The third kappa shape index (κ3) is 3.13. The highest BCUT2D eigenvalue weighted by Crippen LogP contribution is 2.13. The van der Waals surface area contributed by atoms with Gasteiger partial charge >= 0.3 is 0 Å². The summed E-state index contributed by atoms with van der Waals surface area (Å²) in [7, 11) is 1.65. The van der Waals surface area contributed by atoms with Crippen molar-refractivity contribution in [1.82, 2.24) is 0 Å². The van der Waals surface area contributed by atoms with Gasteiger partial charge in [-0.3, -0.25) is 0 Å². The van der Waals surface area contributed by atoms with Crippen molar-refractivity contribution >= 4 is 17.9 Å². The first-order valence-electron chi connectivity index (χ1n) is 4.43. The van der Waals surface area contributed by atoms with Crippen LogP contribution in [0.1, 0.15) is 11.1 Å². The highest BCUT2D eigenvalue weighted by molar-refractivity contribution is 6.27. The molecule has 1 rings (SSSR count). The predicted molar refractivity (Wildman–Crippen MR) is 56.6 cm³/mol. The van der Waals surface area contributed by atoms with Crippen LogP contribution in [0.4, 0.5) is 0 Å². The number of hydrogen-bond donors (Lipinski definition) is 0. The molecule has 0 aliphatic heterocycles. The van der Waals surface area contributed by atoms with Crippen LogP contribution in [0.5, 0.6) is 0 Å². The van der Waals surface area contributed by atoms with E-state index in [1.807, 2.05) is 24.3 Å². The minimum absolute atomic E-state index is 0.451. The summed E-state index contributed by atoms with van der Waals surface area (Å²) in [5, 5.41) is -0.451. The summed E-state index contributed by atoms with van der Waals surface area (Å²) in [4.78, 5) is 10.4. The molecule has 0 amide bonds. The average Bonchev–Trinajstić information content (AvgIpc) is 2.21. The van der Waals surface area contributed by atoms with Gasteiger partial charge in [0.05, 0.1) is 12.0 Å². The van der Waals surface area contributed by atoms with Crippen LogP contribution in [0.15, 0.2) is 24.3 Å². The van der Waals surface area contributed by atoms with Gasteiger partial charge in [0.25, 0.3) is 0 Å². The number of carbonyl (C=O) groups is 1. The fourth-order valence-corrected chi connectivity index (χ4v) is 1.48. The lowest BCUT2D eigenvalue weighted by Gasteiger charge is -2.08. The summed E-state index contributed by atoms with van der Waals surface area (Å²) in [6, 6.07) is 7.82. The van der Waals surface area contributed by atoms with Crippen molar-refractivity contribution in [2.75, 3.05) is 7.11 Å². The van der Waals surface area contributed by atoms with E-state index in [-0.39, 0.29) is 0 Å². The van der Waals surface area contributed by atoms with Crippen molar-refractivity contribution in [2.24, 2.45) is 0 Å². The summed E-state index contributed by atoms with van der Waals surface area (Å²) in [5.74, 6) is 0. The Kier molecular flexibility index (Phi) is 4.63. The van der Waals surface area contributed by atoms with Crippen LogP contribution in [0.3, 0.4) is 0 Å². The van der Waals surface area contributed by atoms with E-state index in [0.717, 1.165) is 17.4 Å². The molecular weight excluding hydrogens is 200 g/mol. The Balaban J connectivity index is 2.78. The van der Waals surface area contributed by atoms with Gasteiger partial charge in [0, 0.05) is 7.11 Å². The van der Waals surface area contributed by atoms with Crippen molar-refractivity contribution in [1.29, 1.82) is 0 Å². The van der Waals surface area contributed by atoms with Gasteiger partial charge in [-0.2, -0.15) is 0 Å².